The molecule has 7 heteroatoms. The Morgan fingerprint density at radius 3 is 2.42 bits per heavy atom. The largest absolute Gasteiger partial charge is 0.342 e. The van der Waals surface area contributed by atoms with Crippen LogP contribution in [-0.2, 0) is 11.3 Å². The lowest BCUT2D eigenvalue weighted by Crippen LogP contribution is -2.22. The van der Waals surface area contributed by atoms with Gasteiger partial charge in [0, 0.05) is 37.1 Å². The molecule has 0 saturated heterocycles. The number of carbonyl (C=O) groups is 1. The Morgan fingerprint density at radius 1 is 1.15 bits per heavy atom. The Bertz CT molecular complexity index is 865. The van der Waals surface area contributed by atoms with Crippen molar-refractivity contribution < 1.29 is 9.18 Å². The minimum Gasteiger partial charge on any atom is -0.342 e. The standard InChI is InChI=1S/C19H18FN3OS.ClH/c1-13(24)23(2)11-14-3-5-15(6-4-14)18-12-25-19(22-18)21-17-9-7-16(20)8-10-17;/h3-10,12H,11H2,1-2H3,(H,21,22);1H. The second-order valence-electron chi connectivity index (χ2n) is 5.74. The van der Waals surface area contributed by atoms with Crippen LogP contribution in [0.5, 0.6) is 0 Å². The molecule has 1 heterocycles. The van der Waals surface area contributed by atoms with Crippen LogP contribution in [0, 0.1) is 5.82 Å². The zero-order chi connectivity index (χ0) is 17.8. The number of nitrogens with one attached hydrogen (secondary N) is 1. The highest BCUT2D eigenvalue weighted by Crippen LogP contribution is 2.27. The Kier molecular flexibility index (Phi) is 6.71. The van der Waals surface area contributed by atoms with E-state index in [2.05, 4.69) is 10.3 Å². The number of amides is 1. The van der Waals surface area contributed by atoms with E-state index in [4.69, 9.17) is 0 Å². The zero-order valence-electron chi connectivity index (χ0n) is 14.4. The molecule has 0 aliphatic carbocycles. The molecule has 1 N–H and O–H groups in total. The highest BCUT2D eigenvalue weighted by molar-refractivity contribution is 7.14. The van der Waals surface area contributed by atoms with Crippen molar-refractivity contribution in [1.29, 1.82) is 0 Å². The molecule has 0 saturated carbocycles. The molecule has 1 amide bonds. The number of benzene rings is 2. The minimum absolute atomic E-state index is 0. The predicted octanol–water partition coefficient (Wildman–Crippen LogP) is 5.09. The summed E-state index contributed by atoms with van der Waals surface area (Å²) >= 11 is 1.49. The predicted molar refractivity (Wildman–Crippen MR) is 107 cm³/mol. The number of rotatable bonds is 5. The molecule has 0 atom stereocenters. The SMILES string of the molecule is CC(=O)N(C)Cc1ccc(-c2csc(Nc3ccc(F)cc3)n2)cc1.Cl. The van der Waals surface area contributed by atoms with Crippen LogP contribution in [-0.4, -0.2) is 22.8 Å². The maximum atomic E-state index is 12.9. The van der Waals surface area contributed by atoms with Gasteiger partial charge in [0.2, 0.25) is 5.91 Å². The van der Waals surface area contributed by atoms with Crippen LogP contribution in [0.3, 0.4) is 0 Å². The topological polar surface area (TPSA) is 45.2 Å². The third kappa shape index (κ3) is 5.03. The molecule has 3 aromatic rings. The van der Waals surface area contributed by atoms with E-state index in [-0.39, 0.29) is 24.1 Å². The molecule has 26 heavy (non-hydrogen) atoms. The highest BCUT2D eigenvalue weighted by Gasteiger charge is 2.07. The Morgan fingerprint density at radius 2 is 1.81 bits per heavy atom. The molecule has 136 valence electrons. The van der Waals surface area contributed by atoms with Gasteiger partial charge in [-0.1, -0.05) is 24.3 Å². The summed E-state index contributed by atoms with van der Waals surface area (Å²) in [6.45, 7) is 2.14. The molecule has 1 aromatic heterocycles. The number of thiazole rings is 1. The van der Waals surface area contributed by atoms with Crippen LogP contribution in [0.25, 0.3) is 11.3 Å². The van der Waals surface area contributed by atoms with Gasteiger partial charge < -0.3 is 10.2 Å². The number of carbonyl (C=O) groups excluding carboxylic acids is 1. The number of hydrogen-bond acceptors (Lipinski definition) is 4. The first kappa shape index (κ1) is 19.9. The van der Waals surface area contributed by atoms with Crippen molar-refractivity contribution in [3.05, 3.63) is 65.3 Å². The number of halogens is 2. The van der Waals surface area contributed by atoms with E-state index in [1.807, 2.05) is 29.6 Å². The zero-order valence-corrected chi connectivity index (χ0v) is 16.0. The van der Waals surface area contributed by atoms with E-state index in [1.54, 1.807) is 31.0 Å². The molecule has 2 aromatic carbocycles. The first-order valence-corrected chi connectivity index (χ1v) is 8.68. The fourth-order valence-corrected chi connectivity index (χ4v) is 3.03. The summed E-state index contributed by atoms with van der Waals surface area (Å²) in [6.07, 6.45) is 0. The summed E-state index contributed by atoms with van der Waals surface area (Å²) in [7, 11) is 1.78. The van der Waals surface area contributed by atoms with Gasteiger partial charge in [0.1, 0.15) is 5.82 Å². The van der Waals surface area contributed by atoms with Crippen molar-refractivity contribution in [2.24, 2.45) is 0 Å². The maximum Gasteiger partial charge on any atom is 0.219 e. The smallest absolute Gasteiger partial charge is 0.219 e. The van der Waals surface area contributed by atoms with E-state index < -0.39 is 0 Å². The number of aromatic nitrogens is 1. The van der Waals surface area contributed by atoms with E-state index in [0.29, 0.717) is 6.54 Å². The van der Waals surface area contributed by atoms with Gasteiger partial charge in [-0.15, -0.1) is 23.7 Å². The van der Waals surface area contributed by atoms with Crippen LogP contribution in [0.2, 0.25) is 0 Å². The van der Waals surface area contributed by atoms with Gasteiger partial charge in [-0.3, -0.25) is 4.79 Å². The van der Waals surface area contributed by atoms with Crippen molar-refractivity contribution in [2.75, 3.05) is 12.4 Å². The molecule has 0 bridgehead atoms. The van der Waals surface area contributed by atoms with Gasteiger partial charge in [-0.25, -0.2) is 9.37 Å². The molecular formula is C19H19ClFN3OS. The lowest BCUT2D eigenvalue weighted by molar-refractivity contribution is -0.128. The Labute approximate surface area is 162 Å². The third-order valence-electron chi connectivity index (χ3n) is 3.81. The van der Waals surface area contributed by atoms with Crippen LogP contribution in [0.1, 0.15) is 12.5 Å². The summed E-state index contributed by atoms with van der Waals surface area (Å²) in [5.41, 5.74) is 3.75. The van der Waals surface area contributed by atoms with Gasteiger partial charge in [0.25, 0.3) is 0 Å². The van der Waals surface area contributed by atoms with Gasteiger partial charge in [-0.05, 0) is 29.8 Å². The van der Waals surface area contributed by atoms with Crippen LogP contribution in [0.15, 0.2) is 53.9 Å². The summed E-state index contributed by atoms with van der Waals surface area (Å²) in [5, 5.41) is 5.89. The summed E-state index contributed by atoms with van der Waals surface area (Å²) < 4.78 is 12.9. The van der Waals surface area contributed by atoms with Crippen molar-refractivity contribution >= 4 is 40.5 Å². The normalized spacial score (nSPS) is 10.1. The molecule has 0 aliphatic rings. The average Bonchev–Trinajstić information content (AvgIpc) is 3.06. The van der Waals surface area contributed by atoms with Crippen LogP contribution >= 0.6 is 23.7 Å². The van der Waals surface area contributed by atoms with Crippen LogP contribution < -0.4 is 5.32 Å². The number of anilines is 2. The van der Waals surface area contributed by atoms with Gasteiger partial charge in [0.05, 0.1) is 5.69 Å². The average molecular weight is 392 g/mol. The minimum atomic E-state index is -0.263. The van der Waals surface area contributed by atoms with Crippen molar-refractivity contribution in [2.45, 2.75) is 13.5 Å². The third-order valence-corrected chi connectivity index (χ3v) is 4.56. The maximum absolute atomic E-state index is 12.9. The van der Waals surface area contributed by atoms with Gasteiger partial charge in [0.15, 0.2) is 5.13 Å². The number of nitrogens with zero attached hydrogens (tertiary/aromatic N) is 2. The lowest BCUT2D eigenvalue weighted by Gasteiger charge is -2.14. The fourth-order valence-electron chi connectivity index (χ4n) is 2.29. The van der Waals surface area contributed by atoms with Crippen LogP contribution in [0.4, 0.5) is 15.2 Å². The van der Waals surface area contributed by atoms with E-state index in [0.717, 1.165) is 27.6 Å². The Hall–Kier alpha value is -2.44. The molecule has 0 spiro atoms. The second kappa shape index (κ2) is 8.78. The molecule has 0 aliphatic heterocycles. The molecule has 0 fully saturated rings. The summed E-state index contributed by atoms with van der Waals surface area (Å²) in [4.78, 5) is 17.5. The van der Waals surface area contributed by atoms with Crippen molar-refractivity contribution in [3.8, 4) is 11.3 Å². The molecule has 4 nitrogen and oxygen atoms in total. The number of hydrogen-bond donors (Lipinski definition) is 1. The quantitative estimate of drug-likeness (QED) is 0.658. The Balaban J connectivity index is 0.00000243. The van der Waals surface area contributed by atoms with E-state index in [1.165, 1.54) is 23.5 Å². The van der Waals surface area contributed by atoms with Gasteiger partial charge >= 0.3 is 0 Å². The van der Waals surface area contributed by atoms with E-state index in [9.17, 15) is 9.18 Å². The molecule has 0 unspecified atom stereocenters. The molecule has 0 radical (unpaired) electrons. The van der Waals surface area contributed by atoms with Crippen molar-refractivity contribution in [1.82, 2.24) is 9.88 Å². The first-order chi connectivity index (χ1) is 12.0. The second-order valence-corrected chi connectivity index (χ2v) is 6.60. The monoisotopic (exact) mass is 391 g/mol. The summed E-state index contributed by atoms with van der Waals surface area (Å²) in [6, 6.07) is 14.2. The summed E-state index contributed by atoms with van der Waals surface area (Å²) in [5.74, 6) is -0.221. The van der Waals surface area contributed by atoms with E-state index >= 15 is 0 Å². The molecular weight excluding hydrogens is 373 g/mol. The first-order valence-electron chi connectivity index (χ1n) is 7.80. The highest BCUT2D eigenvalue weighted by atomic mass is 35.5. The van der Waals surface area contributed by atoms with Crippen molar-refractivity contribution in [3.63, 3.8) is 0 Å². The van der Waals surface area contributed by atoms with Gasteiger partial charge in [-0.2, -0.15) is 0 Å². The fraction of sp³-hybridized carbons (Fsp3) is 0.158. The molecule has 3 rings (SSSR count). The lowest BCUT2D eigenvalue weighted by atomic mass is 10.1.